The van der Waals surface area contributed by atoms with Gasteiger partial charge in [0.15, 0.2) is 5.78 Å². The first-order chi connectivity index (χ1) is 12.7. The summed E-state index contributed by atoms with van der Waals surface area (Å²) in [4.78, 5) is 24.3. The first-order valence-electron chi connectivity index (χ1n) is 10.1. The molecule has 5 nitrogen and oxygen atoms in total. The molecule has 5 heteroatoms. The normalized spacial score (nSPS) is 48.5. The molecular formula is C22H30O5. The van der Waals surface area contributed by atoms with Gasteiger partial charge in [-0.25, -0.2) is 0 Å². The molecule has 0 radical (unpaired) electrons. The van der Waals surface area contributed by atoms with Crippen LogP contribution in [0, 0.1) is 34.5 Å². The molecule has 0 amide bonds. The average molecular weight is 374 g/mol. The van der Waals surface area contributed by atoms with E-state index in [0.717, 1.165) is 24.8 Å². The summed E-state index contributed by atoms with van der Waals surface area (Å²) >= 11 is 0. The smallest absolute Gasteiger partial charge is 0.178 e. The van der Waals surface area contributed by atoms with E-state index in [2.05, 4.69) is 13.8 Å². The van der Waals surface area contributed by atoms with Crippen molar-refractivity contribution >= 4 is 11.6 Å². The number of aliphatic hydroxyl groups excluding tert-OH is 2. The molecule has 0 aliphatic heterocycles. The Hall–Kier alpha value is -1.30. The lowest BCUT2D eigenvalue weighted by atomic mass is 9.46. The zero-order valence-electron chi connectivity index (χ0n) is 16.4. The highest BCUT2D eigenvalue weighted by Crippen LogP contribution is 2.66. The highest BCUT2D eigenvalue weighted by atomic mass is 16.6. The van der Waals surface area contributed by atoms with Crippen molar-refractivity contribution in [3.63, 3.8) is 0 Å². The van der Waals surface area contributed by atoms with Crippen molar-refractivity contribution in [2.75, 3.05) is 6.79 Å². The molecule has 3 saturated carbocycles. The van der Waals surface area contributed by atoms with E-state index in [0.29, 0.717) is 6.42 Å². The van der Waals surface area contributed by atoms with Crippen LogP contribution in [0.4, 0.5) is 0 Å². The van der Waals surface area contributed by atoms with Gasteiger partial charge in [-0.15, -0.1) is 0 Å². The first kappa shape index (κ1) is 19.0. The summed E-state index contributed by atoms with van der Waals surface area (Å²) in [6.07, 6.45) is 7.63. The number of ketones is 2. The van der Waals surface area contributed by atoms with Crippen molar-refractivity contribution in [1.29, 1.82) is 0 Å². The van der Waals surface area contributed by atoms with E-state index in [-0.39, 0.29) is 59.0 Å². The Morgan fingerprint density at radius 2 is 2.11 bits per heavy atom. The van der Waals surface area contributed by atoms with Gasteiger partial charge in [-0.1, -0.05) is 25.5 Å². The predicted octanol–water partition coefficient (Wildman–Crippen LogP) is 2.42. The minimum atomic E-state index is -0.530. The largest absolute Gasteiger partial charge is 0.393 e. The molecule has 27 heavy (non-hydrogen) atoms. The van der Waals surface area contributed by atoms with Gasteiger partial charge in [0.05, 0.1) is 12.2 Å². The monoisotopic (exact) mass is 374 g/mol. The summed E-state index contributed by atoms with van der Waals surface area (Å²) in [5.74, 6) is 0.396. The van der Waals surface area contributed by atoms with Crippen molar-refractivity contribution in [3.05, 3.63) is 23.8 Å². The second-order valence-electron chi connectivity index (χ2n) is 9.46. The third-order valence-electron chi connectivity index (χ3n) is 8.23. The number of carbonyl (C=O) groups is 2. The van der Waals surface area contributed by atoms with Gasteiger partial charge in [0.2, 0.25) is 0 Å². The Bertz CT molecular complexity index is 724. The van der Waals surface area contributed by atoms with E-state index in [1.54, 1.807) is 19.1 Å². The highest BCUT2D eigenvalue weighted by molar-refractivity contribution is 6.01. The van der Waals surface area contributed by atoms with Crippen LogP contribution < -0.4 is 0 Å². The summed E-state index contributed by atoms with van der Waals surface area (Å²) in [7, 11) is 0. The van der Waals surface area contributed by atoms with E-state index in [9.17, 15) is 19.8 Å². The van der Waals surface area contributed by atoms with Crippen molar-refractivity contribution in [2.24, 2.45) is 34.5 Å². The molecule has 7 unspecified atom stereocenters. The Labute approximate surface area is 160 Å². The molecule has 0 aromatic carbocycles. The van der Waals surface area contributed by atoms with Gasteiger partial charge in [-0.2, -0.15) is 0 Å². The first-order valence-corrected chi connectivity index (χ1v) is 10.1. The quantitative estimate of drug-likeness (QED) is 0.741. The Morgan fingerprint density at radius 1 is 1.37 bits per heavy atom. The van der Waals surface area contributed by atoms with Crippen LogP contribution in [0.2, 0.25) is 0 Å². The fourth-order valence-electron chi connectivity index (χ4n) is 7.30. The molecular weight excluding hydrogens is 344 g/mol. The van der Waals surface area contributed by atoms with Gasteiger partial charge in [0, 0.05) is 17.3 Å². The molecule has 0 heterocycles. The van der Waals surface area contributed by atoms with E-state index >= 15 is 0 Å². The highest BCUT2D eigenvalue weighted by Gasteiger charge is 2.64. The molecule has 148 valence electrons. The van der Waals surface area contributed by atoms with Gasteiger partial charge in [-0.05, 0) is 62.0 Å². The lowest BCUT2D eigenvalue weighted by Gasteiger charge is -2.58. The third-order valence-corrected chi connectivity index (χ3v) is 8.23. The summed E-state index contributed by atoms with van der Waals surface area (Å²) in [5.41, 5.74) is 0.500. The van der Waals surface area contributed by atoms with Crippen LogP contribution in [-0.2, 0) is 14.3 Å². The Kier molecular flexibility index (Phi) is 4.48. The summed E-state index contributed by atoms with van der Waals surface area (Å²) in [6, 6.07) is 0. The van der Waals surface area contributed by atoms with Gasteiger partial charge in [0.1, 0.15) is 12.6 Å². The summed E-state index contributed by atoms with van der Waals surface area (Å²) in [6.45, 7) is 5.48. The topological polar surface area (TPSA) is 83.8 Å². The van der Waals surface area contributed by atoms with E-state index in [1.165, 1.54) is 0 Å². The second-order valence-corrected chi connectivity index (χ2v) is 9.46. The number of hydrogen-bond donors (Lipinski definition) is 2. The number of rotatable bonds is 3. The van der Waals surface area contributed by atoms with Crippen LogP contribution in [0.1, 0.15) is 46.5 Å². The standard InChI is InChI=1S/C22H30O5/c1-12(24)19-18(27-11-23)9-16-15-5-4-13-8-14(25)6-7-21(13,2)20(15)17(26)10-22(16,19)3/h6-8,15-20,23,26H,4-5,9-11H2,1-3H3/t15?,16?,17?,18-,19?,20?,21?,22?/m1/s1. The van der Waals surface area contributed by atoms with E-state index < -0.39 is 6.10 Å². The van der Waals surface area contributed by atoms with Gasteiger partial charge < -0.3 is 14.9 Å². The maximum Gasteiger partial charge on any atom is 0.178 e. The summed E-state index contributed by atoms with van der Waals surface area (Å²) < 4.78 is 5.58. The van der Waals surface area contributed by atoms with Crippen LogP contribution >= 0.6 is 0 Å². The molecule has 0 saturated heterocycles. The molecule has 4 aliphatic rings. The fourth-order valence-corrected chi connectivity index (χ4v) is 7.30. The summed E-state index contributed by atoms with van der Waals surface area (Å²) in [5, 5.41) is 20.6. The van der Waals surface area contributed by atoms with Crippen LogP contribution in [0.3, 0.4) is 0 Å². The molecule has 0 spiro atoms. The second kappa shape index (κ2) is 6.36. The maximum absolute atomic E-state index is 12.5. The molecule has 0 aromatic heterocycles. The van der Waals surface area contributed by atoms with Crippen molar-refractivity contribution in [2.45, 2.75) is 58.7 Å². The Morgan fingerprint density at radius 3 is 2.78 bits per heavy atom. The number of Topliss-reactive ketones (excluding diaryl/α,β-unsaturated/α-hetero) is 1. The van der Waals surface area contributed by atoms with Crippen molar-refractivity contribution in [3.8, 4) is 0 Å². The number of allylic oxidation sites excluding steroid dienone is 4. The predicted molar refractivity (Wildman–Crippen MR) is 99.5 cm³/mol. The SMILES string of the molecule is CC(=O)C1[C@H](OCO)CC2C3CCC4=CC(=O)C=CC4(C)C3C(O)CC21C. The van der Waals surface area contributed by atoms with Crippen molar-refractivity contribution < 1.29 is 24.5 Å². The molecule has 0 bridgehead atoms. The number of ether oxygens (including phenoxy) is 1. The lowest BCUT2D eigenvalue weighted by molar-refractivity contribution is -0.144. The molecule has 2 N–H and O–H groups in total. The number of aliphatic hydroxyl groups is 2. The van der Waals surface area contributed by atoms with Gasteiger partial charge in [0.25, 0.3) is 0 Å². The average Bonchev–Trinajstić information content (AvgIpc) is 2.87. The molecule has 4 aliphatic carbocycles. The Balaban J connectivity index is 1.74. The van der Waals surface area contributed by atoms with Gasteiger partial charge in [-0.3, -0.25) is 9.59 Å². The molecule has 3 fully saturated rings. The number of hydrogen-bond acceptors (Lipinski definition) is 5. The van der Waals surface area contributed by atoms with E-state index in [4.69, 9.17) is 4.74 Å². The van der Waals surface area contributed by atoms with Crippen LogP contribution in [0.15, 0.2) is 23.8 Å². The zero-order valence-corrected chi connectivity index (χ0v) is 16.4. The fraction of sp³-hybridized carbons (Fsp3) is 0.727. The van der Waals surface area contributed by atoms with Gasteiger partial charge >= 0.3 is 0 Å². The molecule has 4 rings (SSSR count). The minimum absolute atomic E-state index is 0.0324. The van der Waals surface area contributed by atoms with Crippen LogP contribution in [-0.4, -0.2) is 40.8 Å². The van der Waals surface area contributed by atoms with Crippen LogP contribution in [0.25, 0.3) is 0 Å². The maximum atomic E-state index is 12.5. The minimum Gasteiger partial charge on any atom is -0.393 e. The van der Waals surface area contributed by atoms with Crippen LogP contribution in [0.5, 0.6) is 0 Å². The number of fused-ring (bicyclic) bond motifs is 5. The number of carbonyl (C=O) groups excluding carboxylic acids is 2. The molecule has 0 aromatic rings. The molecule has 8 atom stereocenters. The third kappa shape index (κ3) is 2.62. The zero-order chi connectivity index (χ0) is 19.6. The van der Waals surface area contributed by atoms with E-state index in [1.807, 2.05) is 6.08 Å². The lowest BCUT2D eigenvalue weighted by Crippen LogP contribution is -2.56. The van der Waals surface area contributed by atoms with Crippen molar-refractivity contribution in [1.82, 2.24) is 0 Å².